The second-order valence-electron chi connectivity index (χ2n) is 5.69. The molecule has 1 fully saturated rings. The van der Waals surface area contributed by atoms with Crippen LogP contribution >= 0.6 is 0 Å². The number of anilines is 1. The number of nitrogens with one attached hydrogen (secondary N) is 1. The SMILES string of the molecule is COC(=O)c1ccc(NC(c2ccccc2)C2CC2)nc1C. The molecule has 22 heavy (non-hydrogen) atoms. The Morgan fingerprint density at radius 1 is 1.23 bits per heavy atom. The van der Waals surface area contributed by atoms with Gasteiger partial charge in [-0.2, -0.15) is 0 Å². The van der Waals surface area contributed by atoms with Gasteiger partial charge in [0.25, 0.3) is 0 Å². The van der Waals surface area contributed by atoms with Crippen molar-refractivity contribution in [2.24, 2.45) is 5.92 Å². The lowest BCUT2D eigenvalue weighted by atomic mass is 10.0. The maximum absolute atomic E-state index is 11.6. The number of esters is 1. The van der Waals surface area contributed by atoms with Crippen molar-refractivity contribution in [2.75, 3.05) is 12.4 Å². The number of pyridine rings is 1. The second kappa shape index (κ2) is 6.18. The van der Waals surface area contributed by atoms with E-state index in [9.17, 15) is 4.79 Å². The standard InChI is InChI=1S/C18H20N2O2/c1-12-15(18(21)22-2)10-11-16(19-12)20-17(14-8-9-14)13-6-4-3-5-7-13/h3-7,10-11,14,17H,8-9H2,1-2H3,(H,19,20). The number of aromatic nitrogens is 1. The predicted octanol–water partition coefficient (Wildman–Crippen LogP) is 3.74. The van der Waals surface area contributed by atoms with Gasteiger partial charge in [-0.15, -0.1) is 0 Å². The van der Waals surface area contributed by atoms with Gasteiger partial charge in [-0.1, -0.05) is 30.3 Å². The van der Waals surface area contributed by atoms with E-state index in [0.717, 1.165) is 5.82 Å². The van der Waals surface area contributed by atoms with Crippen molar-refractivity contribution >= 4 is 11.8 Å². The van der Waals surface area contributed by atoms with E-state index in [2.05, 4.69) is 34.6 Å². The molecule has 4 nitrogen and oxygen atoms in total. The molecule has 1 aromatic heterocycles. The molecule has 1 aliphatic rings. The van der Waals surface area contributed by atoms with E-state index in [0.29, 0.717) is 17.2 Å². The maximum Gasteiger partial charge on any atom is 0.339 e. The average molecular weight is 296 g/mol. The minimum atomic E-state index is -0.349. The number of ether oxygens (including phenoxy) is 1. The van der Waals surface area contributed by atoms with Gasteiger partial charge in [-0.3, -0.25) is 0 Å². The number of methoxy groups -OCH3 is 1. The average Bonchev–Trinajstić information content (AvgIpc) is 3.37. The number of benzene rings is 1. The normalized spacial score (nSPS) is 15.2. The predicted molar refractivity (Wildman–Crippen MR) is 85.8 cm³/mol. The molecule has 1 heterocycles. The van der Waals surface area contributed by atoms with Gasteiger partial charge in [0.15, 0.2) is 0 Å². The second-order valence-corrected chi connectivity index (χ2v) is 5.69. The van der Waals surface area contributed by atoms with Gasteiger partial charge in [-0.05, 0) is 43.4 Å². The number of aryl methyl sites for hydroxylation is 1. The molecule has 0 aliphatic heterocycles. The first-order chi connectivity index (χ1) is 10.7. The minimum absolute atomic E-state index is 0.275. The molecule has 1 atom stereocenters. The van der Waals surface area contributed by atoms with Crippen molar-refractivity contribution in [2.45, 2.75) is 25.8 Å². The van der Waals surface area contributed by atoms with E-state index >= 15 is 0 Å². The molecular formula is C18H20N2O2. The van der Waals surface area contributed by atoms with Gasteiger partial charge in [-0.25, -0.2) is 9.78 Å². The molecule has 0 spiro atoms. The van der Waals surface area contributed by atoms with E-state index in [1.165, 1.54) is 25.5 Å². The van der Waals surface area contributed by atoms with Crippen molar-refractivity contribution < 1.29 is 9.53 Å². The lowest BCUT2D eigenvalue weighted by molar-refractivity contribution is 0.0599. The van der Waals surface area contributed by atoms with Crippen LogP contribution in [0.1, 0.15) is 40.5 Å². The Morgan fingerprint density at radius 3 is 2.55 bits per heavy atom. The lowest BCUT2D eigenvalue weighted by Gasteiger charge is -2.20. The zero-order valence-electron chi connectivity index (χ0n) is 12.9. The first-order valence-corrected chi connectivity index (χ1v) is 7.56. The Hall–Kier alpha value is -2.36. The quantitative estimate of drug-likeness (QED) is 0.854. The first kappa shape index (κ1) is 14.6. The molecule has 114 valence electrons. The Balaban J connectivity index is 1.82. The highest BCUT2D eigenvalue weighted by Crippen LogP contribution is 2.42. The third-order valence-corrected chi connectivity index (χ3v) is 4.05. The van der Waals surface area contributed by atoms with E-state index in [4.69, 9.17) is 4.74 Å². The van der Waals surface area contributed by atoms with Crippen molar-refractivity contribution in [1.82, 2.24) is 4.98 Å². The summed E-state index contributed by atoms with van der Waals surface area (Å²) in [7, 11) is 1.38. The van der Waals surface area contributed by atoms with Crippen LogP contribution in [0, 0.1) is 12.8 Å². The van der Waals surface area contributed by atoms with Gasteiger partial charge in [0, 0.05) is 0 Å². The van der Waals surface area contributed by atoms with E-state index in [1.807, 2.05) is 19.1 Å². The van der Waals surface area contributed by atoms with Crippen molar-refractivity contribution in [1.29, 1.82) is 0 Å². The molecular weight excluding hydrogens is 276 g/mol. The van der Waals surface area contributed by atoms with Gasteiger partial charge < -0.3 is 10.1 Å². The van der Waals surface area contributed by atoms with Crippen LogP contribution in [0.25, 0.3) is 0 Å². The molecule has 3 rings (SSSR count). The Labute approximate surface area is 130 Å². The van der Waals surface area contributed by atoms with Gasteiger partial charge >= 0.3 is 5.97 Å². The van der Waals surface area contributed by atoms with Crippen LogP contribution in [0.15, 0.2) is 42.5 Å². The largest absolute Gasteiger partial charge is 0.465 e. The Morgan fingerprint density at radius 2 is 1.95 bits per heavy atom. The van der Waals surface area contributed by atoms with Crippen LogP contribution in [-0.2, 0) is 4.74 Å². The summed E-state index contributed by atoms with van der Waals surface area (Å²) in [4.78, 5) is 16.1. The molecule has 0 radical (unpaired) electrons. The highest BCUT2D eigenvalue weighted by molar-refractivity contribution is 5.90. The summed E-state index contributed by atoms with van der Waals surface area (Å²) in [5.41, 5.74) is 2.47. The smallest absolute Gasteiger partial charge is 0.339 e. The molecule has 1 aliphatic carbocycles. The van der Waals surface area contributed by atoms with Gasteiger partial charge in [0.2, 0.25) is 0 Å². The molecule has 4 heteroatoms. The number of nitrogens with zero attached hydrogens (tertiary/aromatic N) is 1. The highest BCUT2D eigenvalue weighted by Gasteiger charge is 2.32. The maximum atomic E-state index is 11.6. The first-order valence-electron chi connectivity index (χ1n) is 7.56. The van der Waals surface area contributed by atoms with Crippen molar-refractivity contribution in [3.63, 3.8) is 0 Å². The fraction of sp³-hybridized carbons (Fsp3) is 0.333. The topological polar surface area (TPSA) is 51.2 Å². The summed E-state index contributed by atoms with van der Waals surface area (Å²) in [6.45, 7) is 1.83. The molecule has 1 saturated carbocycles. The molecule has 2 aromatic rings. The van der Waals surface area contributed by atoms with Crippen molar-refractivity contribution in [3.05, 3.63) is 59.3 Å². The number of hydrogen-bond acceptors (Lipinski definition) is 4. The summed E-state index contributed by atoms with van der Waals surface area (Å²) in [6.07, 6.45) is 2.48. The number of hydrogen-bond donors (Lipinski definition) is 1. The van der Waals surface area contributed by atoms with Crippen LogP contribution in [0.3, 0.4) is 0 Å². The van der Waals surface area contributed by atoms with Gasteiger partial charge in [0.05, 0.1) is 24.4 Å². The summed E-state index contributed by atoms with van der Waals surface area (Å²) < 4.78 is 4.76. The minimum Gasteiger partial charge on any atom is -0.465 e. The van der Waals surface area contributed by atoms with Gasteiger partial charge in [0.1, 0.15) is 5.82 Å². The fourth-order valence-corrected chi connectivity index (χ4v) is 2.69. The number of carbonyl (C=O) groups is 1. The number of rotatable bonds is 5. The fourth-order valence-electron chi connectivity index (χ4n) is 2.69. The molecule has 1 aromatic carbocycles. The molecule has 0 saturated heterocycles. The zero-order valence-corrected chi connectivity index (χ0v) is 12.9. The molecule has 0 amide bonds. The summed E-state index contributed by atoms with van der Waals surface area (Å²) in [5.74, 6) is 1.11. The molecule has 1 N–H and O–H groups in total. The van der Waals surface area contributed by atoms with E-state index < -0.39 is 0 Å². The Kier molecular flexibility index (Phi) is 4.09. The summed E-state index contributed by atoms with van der Waals surface area (Å²) in [6, 6.07) is 14.3. The zero-order chi connectivity index (χ0) is 15.5. The van der Waals surface area contributed by atoms with Crippen LogP contribution in [0.5, 0.6) is 0 Å². The molecule has 0 bridgehead atoms. The third kappa shape index (κ3) is 3.11. The van der Waals surface area contributed by atoms with E-state index in [1.54, 1.807) is 6.07 Å². The Bertz CT molecular complexity index is 666. The van der Waals surface area contributed by atoms with Crippen LogP contribution in [-0.4, -0.2) is 18.1 Å². The van der Waals surface area contributed by atoms with Crippen molar-refractivity contribution in [3.8, 4) is 0 Å². The highest BCUT2D eigenvalue weighted by atomic mass is 16.5. The lowest BCUT2D eigenvalue weighted by Crippen LogP contribution is -2.15. The third-order valence-electron chi connectivity index (χ3n) is 4.05. The van der Waals surface area contributed by atoms with E-state index in [-0.39, 0.29) is 12.0 Å². The summed E-state index contributed by atoms with van der Waals surface area (Å²) >= 11 is 0. The molecule has 1 unspecified atom stereocenters. The summed E-state index contributed by atoms with van der Waals surface area (Å²) in [5, 5.41) is 3.52. The van der Waals surface area contributed by atoms with Crippen LogP contribution in [0.2, 0.25) is 0 Å². The number of carbonyl (C=O) groups excluding carboxylic acids is 1. The van der Waals surface area contributed by atoms with Crippen LogP contribution < -0.4 is 5.32 Å². The van der Waals surface area contributed by atoms with Crippen LogP contribution in [0.4, 0.5) is 5.82 Å². The monoisotopic (exact) mass is 296 g/mol.